The first-order valence-electron chi connectivity index (χ1n) is 17.8. The molecule has 0 saturated carbocycles. The van der Waals surface area contributed by atoms with Crippen LogP contribution in [0.2, 0.25) is 0 Å². The van der Waals surface area contributed by atoms with Gasteiger partial charge in [-0.3, -0.25) is 4.57 Å². The molecule has 52 heavy (non-hydrogen) atoms. The Morgan fingerprint density at radius 3 is 1.77 bits per heavy atom. The number of fused-ring (bicyclic) bond motifs is 8. The summed E-state index contributed by atoms with van der Waals surface area (Å²) >= 11 is 0. The highest BCUT2D eigenvalue weighted by atomic mass is 15.2. The molecule has 0 aliphatic heterocycles. The molecule has 0 bridgehead atoms. The van der Waals surface area contributed by atoms with Crippen molar-refractivity contribution in [3.8, 4) is 28.3 Å². The molecule has 240 valence electrons. The lowest BCUT2D eigenvalue weighted by molar-refractivity contribution is 1.02. The fourth-order valence-electron chi connectivity index (χ4n) is 8.93. The van der Waals surface area contributed by atoms with Crippen molar-refractivity contribution in [1.29, 1.82) is 0 Å². The lowest BCUT2D eigenvalue weighted by Gasteiger charge is -2.15. The first kappa shape index (κ1) is 27.7. The van der Waals surface area contributed by atoms with Crippen LogP contribution in [0.1, 0.15) is 0 Å². The highest BCUT2D eigenvalue weighted by Crippen LogP contribution is 2.44. The summed E-state index contributed by atoms with van der Waals surface area (Å²) in [6.07, 6.45) is 0. The number of nitrogens with zero attached hydrogens (tertiary/aromatic N) is 4. The Hall–Kier alpha value is -7.04. The fourth-order valence-corrected chi connectivity index (χ4v) is 8.93. The van der Waals surface area contributed by atoms with Crippen LogP contribution in [0, 0.1) is 0 Å². The minimum Gasteiger partial charge on any atom is -0.308 e. The smallest absolute Gasteiger partial charge is 0.235 e. The highest BCUT2D eigenvalue weighted by molar-refractivity contribution is 6.31. The average molecular weight is 661 g/mol. The minimum absolute atomic E-state index is 0.662. The van der Waals surface area contributed by atoms with Crippen LogP contribution < -0.4 is 0 Å². The van der Waals surface area contributed by atoms with E-state index in [0.29, 0.717) is 5.95 Å². The molecule has 12 aromatic rings. The van der Waals surface area contributed by atoms with Gasteiger partial charge in [0.15, 0.2) is 0 Å². The van der Waals surface area contributed by atoms with E-state index >= 15 is 0 Å². The Bertz CT molecular complexity index is 3390. The maximum atomic E-state index is 5.54. The van der Waals surface area contributed by atoms with Gasteiger partial charge in [-0.2, -0.15) is 0 Å². The molecule has 4 nitrogen and oxygen atoms in total. The predicted octanol–water partition coefficient (Wildman–Crippen LogP) is 12.4. The normalized spacial score (nSPS) is 12.2. The molecule has 0 unspecified atom stereocenters. The second-order valence-electron chi connectivity index (χ2n) is 13.7. The molecule has 4 aromatic heterocycles. The molecule has 0 spiro atoms. The van der Waals surface area contributed by atoms with Gasteiger partial charge < -0.3 is 4.40 Å². The zero-order valence-electron chi connectivity index (χ0n) is 28.0. The molecule has 0 N–H and O–H groups in total. The number of para-hydroxylation sites is 2. The Morgan fingerprint density at radius 1 is 0.346 bits per heavy atom. The topological polar surface area (TPSA) is 35.1 Å². The van der Waals surface area contributed by atoms with Crippen molar-refractivity contribution < 1.29 is 0 Å². The van der Waals surface area contributed by atoms with Crippen LogP contribution in [0.15, 0.2) is 170 Å². The number of hydrogen-bond acceptors (Lipinski definition) is 2. The molecule has 0 atom stereocenters. The van der Waals surface area contributed by atoms with Gasteiger partial charge in [-0.05, 0) is 52.2 Å². The van der Waals surface area contributed by atoms with Gasteiger partial charge in [0.2, 0.25) is 5.95 Å². The van der Waals surface area contributed by atoms with E-state index in [9.17, 15) is 0 Å². The van der Waals surface area contributed by atoms with Gasteiger partial charge >= 0.3 is 0 Å². The van der Waals surface area contributed by atoms with Crippen LogP contribution in [-0.2, 0) is 0 Å². The molecule has 0 saturated heterocycles. The number of benzene rings is 8. The molecule has 0 aliphatic carbocycles. The molecule has 0 radical (unpaired) electrons. The third-order valence-electron chi connectivity index (χ3n) is 11.1. The summed E-state index contributed by atoms with van der Waals surface area (Å²) in [7, 11) is 0. The van der Waals surface area contributed by atoms with Crippen molar-refractivity contribution in [2.45, 2.75) is 0 Å². The zero-order chi connectivity index (χ0) is 33.9. The van der Waals surface area contributed by atoms with Crippen LogP contribution in [-0.4, -0.2) is 18.9 Å². The quantitative estimate of drug-likeness (QED) is 0.177. The molecule has 12 rings (SSSR count). The van der Waals surface area contributed by atoms with E-state index in [-0.39, 0.29) is 0 Å². The van der Waals surface area contributed by atoms with Crippen molar-refractivity contribution in [1.82, 2.24) is 18.9 Å². The summed E-state index contributed by atoms with van der Waals surface area (Å²) in [4.78, 5) is 11.0. The second kappa shape index (κ2) is 10.3. The van der Waals surface area contributed by atoms with Gasteiger partial charge in [0.25, 0.3) is 0 Å². The predicted molar refractivity (Wildman–Crippen MR) is 217 cm³/mol. The monoisotopic (exact) mass is 660 g/mol. The molecule has 4 heteroatoms. The number of aromatic nitrogens is 4. The molecule has 0 fully saturated rings. The third kappa shape index (κ3) is 3.60. The standard InChI is InChI=1S/C48H28N4/c1-3-13-29(14-4-1)31-18-9-20-35-32(31)27-28-38-45(30-15-5-2-6-16-30)49-48(50-46(35)38)52-40-24-11-19-34-37-22-10-21-36-33-17-7-8-23-39(33)51(47(36)37)41-25-12-26-42(52)44(41)43(34)40/h1-28H. The summed E-state index contributed by atoms with van der Waals surface area (Å²) in [6, 6.07) is 61.0. The van der Waals surface area contributed by atoms with E-state index in [1.807, 2.05) is 0 Å². The van der Waals surface area contributed by atoms with Gasteiger partial charge in [0.1, 0.15) is 0 Å². The van der Waals surface area contributed by atoms with E-state index < -0.39 is 0 Å². The van der Waals surface area contributed by atoms with Gasteiger partial charge in [0.05, 0.1) is 38.8 Å². The molecule has 4 heterocycles. The Morgan fingerprint density at radius 2 is 0.923 bits per heavy atom. The lowest BCUT2D eigenvalue weighted by Crippen LogP contribution is -2.04. The van der Waals surface area contributed by atoms with Crippen molar-refractivity contribution in [2.24, 2.45) is 0 Å². The molecular formula is C48H28N4. The maximum absolute atomic E-state index is 5.54. The Kier molecular flexibility index (Phi) is 5.47. The first-order valence-corrected chi connectivity index (χ1v) is 17.8. The largest absolute Gasteiger partial charge is 0.308 e. The van der Waals surface area contributed by atoms with Crippen molar-refractivity contribution in [3.05, 3.63) is 170 Å². The Balaban J connectivity index is 1.27. The molecular weight excluding hydrogens is 633 g/mol. The molecule has 0 amide bonds. The van der Waals surface area contributed by atoms with Crippen molar-refractivity contribution in [2.75, 3.05) is 0 Å². The number of hydrogen-bond donors (Lipinski definition) is 0. The first-order chi connectivity index (χ1) is 25.8. The Labute approximate surface area is 297 Å². The fraction of sp³-hybridized carbons (Fsp3) is 0. The highest BCUT2D eigenvalue weighted by Gasteiger charge is 2.24. The number of rotatable bonds is 3. The average Bonchev–Trinajstić information content (AvgIpc) is 3.70. The zero-order valence-corrected chi connectivity index (χ0v) is 28.0. The van der Waals surface area contributed by atoms with E-state index in [0.717, 1.165) is 38.6 Å². The van der Waals surface area contributed by atoms with Gasteiger partial charge in [0, 0.05) is 43.3 Å². The lowest BCUT2D eigenvalue weighted by atomic mass is 9.95. The van der Waals surface area contributed by atoms with Crippen LogP contribution in [0.5, 0.6) is 0 Å². The SMILES string of the molecule is c1ccc(-c2cccc3c2ccc2c(-c4ccccc4)nc(-n4c5cccc6c7cccc8c9ccccc9n(c9cccc4c9c65)c78)nc23)cc1. The van der Waals surface area contributed by atoms with Crippen LogP contribution in [0.3, 0.4) is 0 Å². The minimum atomic E-state index is 0.662. The van der Waals surface area contributed by atoms with Crippen LogP contribution in [0.25, 0.3) is 110 Å². The van der Waals surface area contributed by atoms with Crippen molar-refractivity contribution >= 4 is 81.6 Å². The van der Waals surface area contributed by atoms with E-state index in [1.54, 1.807) is 0 Å². The van der Waals surface area contributed by atoms with Gasteiger partial charge in [-0.25, -0.2) is 9.97 Å². The van der Waals surface area contributed by atoms with Crippen molar-refractivity contribution in [3.63, 3.8) is 0 Å². The van der Waals surface area contributed by atoms with Gasteiger partial charge in [-0.1, -0.05) is 140 Å². The van der Waals surface area contributed by atoms with Crippen LogP contribution in [0.4, 0.5) is 0 Å². The molecule has 0 aliphatic rings. The summed E-state index contributed by atoms with van der Waals surface area (Å²) < 4.78 is 4.77. The summed E-state index contributed by atoms with van der Waals surface area (Å²) in [5.41, 5.74) is 11.1. The third-order valence-corrected chi connectivity index (χ3v) is 11.1. The second-order valence-corrected chi connectivity index (χ2v) is 13.7. The van der Waals surface area contributed by atoms with E-state index in [4.69, 9.17) is 9.97 Å². The van der Waals surface area contributed by atoms with E-state index in [1.165, 1.54) is 65.4 Å². The summed E-state index contributed by atoms with van der Waals surface area (Å²) in [5.74, 6) is 0.662. The maximum Gasteiger partial charge on any atom is 0.235 e. The van der Waals surface area contributed by atoms with Gasteiger partial charge in [-0.15, -0.1) is 0 Å². The summed E-state index contributed by atoms with van der Waals surface area (Å²) in [6.45, 7) is 0. The van der Waals surface area contributed by atoms with Crippen LogP contribution >= 0.6 is 0 Å². The molecule has 8 aromatic carbocycles. The summed E-state index contributed by atoms with van der Waals surface area (Å²) in [5, 5.41) is 10.7. The van der Waals surface area contributed by atoms with E-state index in [2.05, 4.69) is 179 Å².